The molecule has 3 rings (SSSR count). The number of benzene rings is 2. The zero-order valence-corrected chi connectivity index (χ0v) is 19.2. The fourth-order valence-corrected chi connectivity index (χ4v) is 4.33. The van der Waals surface area contributed by atoms with Gasteiger partial charge in [-0.1, -0.05) is 68.8 Å². The summed E-state index contributed by atoms with van der Waals surface area (Å²) in [5.41, 5.74) is 4.62. The first-order valence-electron chi connectivity index (χ1n) is 11.5. The van der Waals surface area contributed by atoms with Crippen molar-refractivity contribution in [3.8, 4) is 11.1 Å². The Morgan fingerprint density at radius 2 is 1.61 bits per heavy atom. The Bertz CT molecular complexity index is 945. The van der Waals surface area contributed by atoms with Gasteiger partial charge >= 0.3 is 12.1 Å². The van der Waals surface area contributed by atoms with E-state index in [0.29, 0.717) is 6.42 Å². The standard InChI is InChI=1S/C26H32N2O5/c1-3-8-18(14-24(29)27-15-17(2)13-25(30)31)28-26(32)33-16-23-21-11-6-4-9-19(21)20-10-5-7-12-22(20)23/h4-7,9-12,17-18,23H,3,8,13-16H2,1-2H3,(H,27,29)(H,28,32)(H,30,31)/t17?,18-/m0/s1. The van der Waals surface area contributed by atoms with Crippen LogP contribution in [0.5, 0.6) is 0 Å². The van der Waals surface area contributed by atoms with Crippen LogP contribution in [0.4, 0.5) is 4.79 Å². The normalized spacial score (nSPS) is 14.0. The summed E-state index contributed by atoms with van der Waals surface area (Å²) in [5, 5.41) is 14.4. The van der Waals surface area contributed by atoms with Crippen LogP contribution in [0.1, 0.15) is 56.6 Å². The van der Waals surface area contributed by atoms with Gasteiger partial charge in [0.25, 0.3) is 0 Å². The molecule has 0 aromatic heterocycles. The number of carbonyl (C=O) groups excluding carboxylic acids is 2. The summed E-state index contributed by atoms with van der Waals surface area (Å²) in [6.45, 7) is 4.26. The molecule has 1 aliphatic rings. The third-order valence-electron chi connectivity index (χ3n) is 5.91. The summed E-state index contributed by atoms with van der Waals surface area (Å²) in [4.78, 5) is 35.6. The highest BCUT2D eigenvalue weighted by molar-refractivity contribution is 5.79. The number of carbonyl (C=O) groups is 3. The zero-order valence-electron chi connectivity index (χ0n) is 19.2. The molecule has 0 fully saturated rings. The second-order valence-electron chi connectivity index (χ2n) is 8.67. The van der Waals surface area contributed by atoms with Crippen molar-refractivity contribution in [2.75, 3.05) is 13.2 Å². The molecule has 0 spiro atoms. The first-order valence-corrected chi connectivity index (χ1v) is 11.5. The van der Waals surface area contributed by atoms with Crippen LogP contribution in [0.3, 0.4) is 0 Å². The molecule has 0 aliphatic heterocycles. The van der Waals surface area contributed by atoms with Gasteiger partial charge in [-0.15, -0.1) is 0 Å². The molecule has 0 heterocycles. The van der Waals surface area contributed by atoms with E-state index < -0.39 is 12.1 Å². The van der Waals surface area contributed by atoms with Crippen molar-refractivity contribution in [1.82, 2.24) is 10.6 Å². The first kappa shape index (κ1) is 24.3. The molecule has 2 atom stereocenters. The molecule has 0 saturated carbocycles. The number of hydrogen-bond donors (Lipinski definition) is 3. The van der Waals surface area contributed by atoms with E-state index in [1.807, 2.05) is 31.2 Å². The molecule has 1 unspecified atom stereocenters. The van der Waals surface area contributed by atoms with Crippen molar-refractivity contribution in [2.24, 2.45) is 5.92 Å². The summed E-state index contributed by atoms with van der Waals surface area (Å²) in [6, 6.07) is 16.0. The number of fused-ring (bicyclic) bond motifs is 3. The summed E-state index contributed by atoms with van der Waals surface area (Å²) in [7, 11) is 0. The molecule has 7 heteroatoms. The van der Waals surface area contributed by atoms with Crippen LogP contribution in [0, 0.1) is 5.92 Å². The number of nitrogens with one attached hydrogen (secondary N) is 2. The maximum Gasteiger partial charge on any atom is 0.407 e. The number of ether oxygens (including phenoxy) is 1. The molecule has 2 amide bonds. The van der Waals surface area contributed by atoms with E-state index in [-0.39, 0.29) is 49.8 Å². The van der Waals surface area contributed by atoms with Crippen molar-refractivity contribution >= 4 is 18.0 Å². The molecule has 2 aromatic rings. The van der Waals surface area contributed by atoms with Gasteiger partial charge in [-0.2, -0.15) is 0 Å². The van der Waals surface area contributed by atoms with E-state index >= 15 is 0 Å². The number of aliphatic carboxylic acids is 1. The Morgan fingerprint density at radius 1 is 1.00 bits per heavy atom. The van der Waals surface area contributed by atoms with Gasteiger partial charge in [-0.05, 0) is 34.6 Å². The SMILES string of the molecule is CCC[C@@H](CC(=O)NCC(C)CC(=O)O)NC(=O)OCC1c2ccccc2-c2ccccc21. The Hall–Kier alpha value is -3.35. The second-order valence-corrected chi connectivity index (χ2v) is 8.67. The lowest BCUT2D eigenvalue weighted by Gasteiger charge is -2.20. The molecule has 33 heavy (non-hydrogen) atoms. The molecule has 2 aromatic carbocycles. The van der Waals surface area contributed by atoms with Crippen LogP contribution < -0.4 is 10.6 Å². The minimum atomic E-state index is -0.891. The van der Waals surface area contributed by atoms with Crippen LogP contribution in [0.25, 0.3) is 11.1 Å². The fourth-order valence-electron chi connectivity index (χ4n) is 4.33. The van der Waals surface area contributed by atoms with E-state index in [1.165, 1.54) is 11.1 Å². The Morgan fingerprint density at radius 3 is 2.18 bits per heavy atom. The molecular formula is C26H32N2O5. The summed E-state index contributed by atoms with van der Waals surface area (Å²) in [6.07, 6.45) is 1.02. The summed E-state index contributed by atoms with van der Waals surface area (Å²) in [5.74, 6) is -1.29. The van der Waals surface area contributed by atoms with Gasteiger partial charge in [0.1, 0.15) is 6.61 Å². The predicted molar refractivity (Wildman–Crippen MR) is 126 cm³/mol. The van der Waals surface area contributed by atoms with Crippen molar-refractivity contribution in [3.05, 3.63) is 59.7 Å². The molecule has 7 nitrogen and oxygen atoms in total. The monoisotopic (exact) mass is 452 g/mol. The summed E-state index contributed by atoms with van der Waals surface area (Å²) >= 11 is 0. The van der Waals surface area contributed by atoms with E-state index in [1.54, 1.807) is 6.92 Å². The lowest BCUT2D eigenvalue weighted by molar-refractivity contribution is -0.138. The van der Waals surface area contributed by atoms with Crippen LogP contribution in [-0.2, 0) is 14.3 Å². The van der Waals surface area contributed by atoms with Gasteiger partial charge in [0.05, 0.1) is 0 Å². The Kier molecular flexibility index (Phi) is 8.46. The third kappa shape index (κ3) is 6.57. The van der Waals surface area contributed by atoms with E-state index in [2.05, 4.69) is 34.9 Å². The molecule has 0 bridgehead atoms. The third-order valence-corrected chi connectivity index (χ3v) is 5.91. The minimum Gasteiger partial charge on any atom is -0.481 e. The number of rotatable bonds is 11. The van der Waals surface area contributed by atoms with E-state index in [9.17, 15) is 14.4 Å². The van der Waals surface area contributed by atoms with E-state index in [0.717, 1.165) is 17.5 Å². The second kappa shape index (κ2) is 11.5. The van der Waals surface area contributed by atoms with Crippen molar-refractivity contribution in [2.45, 2.75) is 51.5 Å². The highest BCUT2D eigenvalue weighted by atomic mass is 16.5. The highest BCUT2D eigenvalue weighted by Crippen LogP contribution is 2.44. The number of hydrogen-bond acceptors (Lipinski definition) is 4. The molecular weight excluding hydrogens is 420 g/mol. The average Bonchev–Trinajstić information content (AvgIpc) is 3.10. The van der Waals surface area contributed by atoms with Crippen LogP contribution in [0.2, 0.25) is 0 Å². The minimum absolute atomic E-state index is 0.00331. The smallest absolute Gasteiger partial charge is 0.407 e. The lowest BCUT2D eigenvalue weighted by atomic mass is 9.98. The highest BCUT2D eigenvalue weighted by Gasteiger charge is 2.29. The molecule has 3 N–H and O–H groups in total. The largest absolute Gasteiger partial charge is 0.481 e. The maximum atomic E-state index is 12.5. The zero-order chi connectivity index (χ0) is 23.8. The average molecular weight is 453 g/mol. The Balaban J connectivity index is 1.53. The first-order chi connectivity index (χ1) is 15.9. The molecule has 0 saturated heterocycles. The number of amides is 2. The van der Waals surface area contributed by atoms with Gasteiger partial charge in [-0.3, -0.25) is 9.59 Å². The van der Waals surface area contributed by atoms with Gasteiger partial charge in [0.15, 0.2) is 0 Å². The van der Waals surface area contributed by atoms with Crippen LogP contribution >= 0.6 is 0 Å². The molecule has 1 aliphatic carbocycles. The maximum absolute atomic E-state index is 12.5. The van der Waals surface area contributed by atoms with Crippen molar-refractivity contribution in [1.29, 1.82) is 0 Å². The van der Waals surface area contributed by atoms with Gasteiger partial charge in [-0.25, -0.2) is 4.79 Å². The van der Waals surface area contributed by atoms with Crippen molar-refractivity contribution in [3.63, 3.8) is 0 Å². The van der Waals surface area contributed by atoms with Crippen LogP contribution in [0.15, 0.2) is 48.5 Å². The lowest BCUT2D eigenvalue weighted by Crippen LogP contribution is -2.40. The van der Waals surface area contributed by atoms with E-state index in [4.69, 9.17) is 9.84 Å². The molecule has 0 radical (unpaired) electrons. The summed E-state index contributed by atoms with van der Waals surface area (Å²) < 4.78 is 5.59. The van der Waals surface area contributed by atoms with Crippen LogP contribution in [-0.4, -0.2) is 42.3 Å². The van der Waals surface area contributed by atoms with Gasteiger partial charge in [0, 0.05) is 31.3 Å². The predicted octanol–water partition coefficient (Wildman–Crippen LogP) is 4.31. The number of carboxylic acid groups (broad SMARTS) is 1. The number of carboxylic acids is 1. The molecule has 176 valence electrons. The van der Waals surface area contributed by atoms with Crippen molar-refractivity contribution < 1.29 is 24.2 Å². The van der Waals surface area contributed by atoms with Gasteiger partial charge < -0.3 is 20.5 Å². The quantitative estimate of drug-likeness (QED) is 0.471. The number of alkyl carbamates (subject to hydrolysis) is 1. The topological polar surface area (TPSA) is 105 Å². The fraction of sp³-hybridized carbons (Fsp3) is 0.423. The van der Waals surface area contributed by atoms with Gasteiger partial charge in [0.2, 0.25) is 5.91 Å². The Labute approximate surface area is 194 Å².